The summed E-state index contributed by atoms with van der Waals surface area (Å²) in [6.07, 6.45) is 0.618. The molecular weight excluding hydrogens is 298 g/mol. The molecule has 1 unspecified atom stereocenters. The number of halogens is 1. The highest BCUT2D eigenvalue weighted by Crippen LogP contribution is 2.20. The Labute approximate surface area is 136 Å². The molecule has 2 aromatic carbocycles. The van der Waals surface area contributed by atoms with Gasteiger partial charge in [-0.1, -0.05) is 35.9 Å². The van der Waals surface area contributed by atoms with Crippen LogP contribution in [-0.4, -0.2) is 36.4 Å². The quantitative estimate of drug-likeness (QED) is 0.827. The molecule has 0 aliphatic heterocycles. The van der Waals surface area contributed by atoms with E-state index >= 15 is 0 Å². The lowest BCUT2D eigenvalue weighted by atomic mass is 9.91. The van der Waals surface area contributed by atoms with Crippen LogP contribution in [0.2, 0.25) is 5.02 Å². The first-order valence-electron chi connectivity index (χ1n) is 7.18. The van der Waals surface area contributed by atoms with Crippen LogP contribution in [0.4, 0.5) is 0 Å². The van der Waals surface area contributed by atoms with E-state index in [0.717, 1.165) is 5.56 Å². The lowest BCUT2D eigenvalue weighted by Crippen LogP contribution is -2.29. The Hall–Kier alpha value is -1.84. The summed E-state index contributed by atoms with van der Waals surface area (Å²) >= 11 is 6.02. The van der Waals surface area contributed by atoms with Crippen LogP contribution in [0, 0.1) is 5.92 Å². The minimum Gasteiger partial charge on any atom is -0.508 e. The van der Waals surface area contributed by atoms with E-state index in [9.17, 15) is 9.90 Å². The molecule has 0 fully saturated rings. The molecule has 2 rings (SSSR count). The number of phenols is 1. The third-order valence-corrected chi connectivity index (χ3v) is 3.69. The summed E-state index contributed by atoms with van der Waals surface area (Å²) in [5.74, 6) is -0.0444. The molecule has 1 N–H and O–H groups in total. The van der Waals surface area contributed by atoms with Gasteiger partial charge >= 0.3 is 0 Å². The van der Waals surface area contributed by atoms with Crippen molar-refractivity contribution < 1.29 is 9.90 Å². The second-order valence-electron chi connectivity index (χ2n) is 5.71. The number of carbonyl (C=O) groups excluding carboxylic acids is 1. The topological polar surface area (TPSA) is 40.5 Å². The van der Waals surface area contributed by atoms with Gasteiger partial charge in [0.05, 0.1) is 0 Å². The SMILES string of the molecule is CN(C)CC(Cc1cccc(Cl)c1)C(=O)c1cccc(O)c1. The lowest BCUT2D eigenvalue weighted by Gasteiger charge is -2.20. The number of aromatic hydroxyl groups is 1. The zero-order valence-corrected chi connectivity index (χ0v) is 13.5. The number of carbonyl (C=O) groups is 1. The van der Waals surface area contributed by atoms with Crippen LogP contribution in [0.25, 0.3) is 0 Å². The summed E-state index contributed by atoms with van der Waals surface area (Å²) in [4.78, 5) is 14.7. The molecule has 0 aliphatic carbocycles. The van der Waals surface area contributed by atoms with Crippen molar-refractivity contribution in [3.63, 3.8) is 0 Å². The van der Waals surface area contributed by atoms with Gasteiger partial charge in [-0.15, -0.1) is 0 Å². The Balaban J connectivity index is 2.23. The second kappa shape index (κ2) is 7.43. The third kappa shape index (κ3) is 4.58. The molecule has 0 radical (unpaired) electrons. The van der Waals surface area contributed by atoms with Crippen molar-refractivity contribution >= 4 is 17.4 Å². The Bertz CT molecular complexity index is 655. The van der Waals surface area contributed by atoms with Crippen molar-refractivity contribution in [2.45, 2.75) is 6.42 Å². The number of phenolic OH excluding ortho intramolecular Hbond substituents is 1. The van der Waals surface area contributed by atoms with Crippen LogP contribution in [-0.2, 0) is 6.42 Å². The van der Waals surface area contributed by atoms with Crippen molar-refractivity contribution in [2.75, 3.05) is 20.6 Å². The number of nitrogens with zero attached hydrogens (tertiary/aromatic N) is 1. The van der Waals surface area contributed by atoms with Gasteiger partial charge in [0.25, 0.3) is 0 Å². The fraction of sp³-hybridized carbons (Fsp3) is 0.278. The molecule has 22 heavy (non-hydrogen) atoms. The highest BCUT2D eigenvalue weighted by atomic mass is 35.5. The zero-order chi connectivity index (χ0) is 16.1. The number of rotatable bonds is 6. The van der Waals surface area contributed by atoms with Gasteiger partial charge in [-0.05, 0) is 50.3 Å². The molecule has 0 heterocycles. The van der Waals surface area contributed by atoms with Crippen LogP contribution >= 0.6 is 11.6 Å². The van der Waals surface area contributed by atoms with Crippen LogP contribution in [0.3, 0.4) is 0 Å². The van der Waals surface area contributed by atoms with Crippen LogP contribution in [0.5, 0.6) is 5.75 Å². The third-order valence-electron chi connectivity index (χ3n) is 3.46. The number of benzene rings is 2. The maximum absolute atomic E-state index is 12.8. The maximum Gasteiger partial charge on any atom is 0.167 e. The Kier molecular flexibility index (Phi) is 5.58. The van der Waals surface area contributed by atoms with E-state index in [4.69, 9.17) is 11.6 Å². The molecular formula is C18H20ClNO2. The van der Waals surface area contributed by atoms with E-state index in [1.165, 1.54) is 6.07 Å². The fourth-order valence-corrected chi connectivity index (χ4v) is 2.74. The summed E-state index contributed by atoms with van der Waals surface area (Å²) in [6, 6.07) is 14.1. The van der Waals surface area contributed by atoms with E-state index < -0.39 is 0 Å². The van der Waals surface area contributed by atoms with Gasteiger partial charge in [0.2, 0.25) is 0 Å². The summed E-state index contributed by atoms with van der Waals surface area (Å²) in [7, 11) is 3.89. The highest BCUT2D eigenvalue weighted by Gasteiger charge is 2.21. The average molecular weight is 318 g/mol. The molecule has 0 saturated carbocycles. The Morgan fingerprint density at radius 3 is 2.55 bits per heavy atom. The number of Topliss-reactive ketones (excluding diaryl/α,β-unsaturated/α-hetero) is 1. The first-order valence-corrected chi connectivity index (χ1v) is 7.56. The van der Waals surface area contributed by atoms with Crippen molar-refractivity contribution in [1.82, 2.24) is 4.90 Å². The van der Waals surface area contributed by atoms with Crippen molar-refractivity contribution in [3.8, 4) is 5.75 Å². The molecule has 0 aliphatic rings. The van der Waals surface area contributed by atoms with Gasteiger partial charge in [-0.2, -0.15) is 0 Å². The Morgan fingerprint density at radius 2 is 1.91 bits per heavy atom. The number of hydrogen-bond acceptors (Lipinski definition) is 3. The van der Waals surface area contributed by atoms with Gasteiger partial charge < -0.3 is 10.0 Å². The number of hydrogen-bond donors (Lipinski definition) is 1. The molecule has 116 valence electrons. The molecule has 2 aromatic rings. The Morgan fingerprint density at radius 1 is 1.18 bits per heavy atom. The molecule has 0 amide bonds. The minimum atomic E-state index is -0.185. The van der Waals surface area contributed by atoms with Gasteiger partial charge in [0, 0.05) is 23.0 Å². The predicted molar refractivity (Wildman–Crippen MR) is 89.6 cm³/mol. The summed E-state index contributed by atoms with van der Waals surface area (Å²) in [6.45, 7) is 0.640. The van der Waals surface area contributed by atoms with Gasteiger partial charge in [-0.25, -0.2) is 0 Å². The number of ketones is 1. The van der Waals surface area contributed by atoms with E-state index in [2.05, 4.69) is 0 Å². The standard InChI is InChI=1S/C18H20ClNO2/c1-20(2)12-15(9-13-5-3-7-16(19)10-13)18(22)14-6-4-8-17(21)11-14/h3-8,10-11,15,21H,9,12H2,1-2H3. The van der Waals surface area contributed by atoms with Crippen molar-refractivity contribution in [1.29, 1.82) is 0 Å². The predicted octanol–water partition coefficient (Wildman–Crippen LogP) is 3.65. The summed E-state index contributed by atoms with van der Waals surface area (Å²) in [5.41, 5.74) is 1.57. The molecule has 0 saturated heterocycles. The monoisotopic (exact) mass is 317 g/mol. The normalized spacial score (nSPS) is 12.4. The van der Waals surface area contributed by atoms with Gasteiger partial charge in [0.1, 0.15) is 5.75 Å². The van der Waals surface area contributed by atoms with Gasteiger partial charge in [0.15, 0.2) is 5.78 Å². The first kappa shape index (κ1) is 16.5. The van der Waals surface area contributed by atoms with E-state index in [-0.39, 0.29) is 17.5 Å². The summed E-state index contributed by atoms with van der Waals surface area (Å²) < 4.78 is 0. The highest BCUT2D eigenvalue weighted by molar-refractivity contribution is 6.30. The zero-order valence-electron chi connectivity index (χ0n) is 12.8. The lowest BCUT2D eigenvalue weighted by molar-refractivity contribution is 0.0896. The summed E-state index contributed by atoms with van der Waals surface area (Å²) in [5, 5.41) is 10.2. The molecule has 4 heteroatoms. The molecule has 0 spiro atoms. The van der Waals surface area contributed by atoms with Gasteiger partial charge in [-0.3, -0.25) is 4.79 Å². The van der Waals surface area contributed by atoms with E-state index in [1.807, 2.05) is 43.3 Å². The first-order chi connectivity index (χ1) is 10.5. The smallest absolute Gasteiger partial charge is 0.167 e. The largest absolute Gasteiger partial charge is 0.508 e. The maximum atomic E-state index is 12.8. The molecule has 3 nitrogen and oxygen atoms in total. The molecule has 0 aromatic heterocycles. The van der Waals surface area contributed by atoms with E-state index in [1.54, 1.807) is 18.2 Å². The van der Waals surface area contributed by atoms with Crippen LogP contribution in [0.1, 0.15) is 15.9 Å². The molecule has 0 bridgehead atoms. The minimum absolute atomic E-state index is 0.0320. The van der Waals surface area contributed by atoms with Crippen molar-refractivity contribution in [2.24, 2.45) is 5.92 Å². The average Bonchev–Trinajstić information content (AvgIpc) is 2.45. The van der Waals surface area contributed by atoms with Crippen LogP contribution in [0.15, 0.2) is 48.5 Å². The molecule has 1 atom stereocenters. The van der Waals surface area contributed by atoms with Crippen LogP contribution < -0.4 is 0 Å². The van der Waals surface area contributed by atoms with Crippen molar-refractivity contribution in [3.05, 3.63) is 64.7 Å². The second-order valence-corrected chi connectivity index (χ2v) is 6.14. The fourth-order valence-electron chi connectivity index (χ4n) is 2.52. The van der Waals surface area contributed by atoms with E-state index in [0.29, 0.717) is 23.6 Å².